The van der Waals surface area contributed by atoms with Crippen LogP contribution in [-0.4, -0.2) is 42.8 Å². The smallest absolute Gasteiger partial charge is 0.224 e. The normalized spacial score (nSPS) is 10.8. The maximum absolute atomic E-state index is 12.3. The fourth-order valence-electron chi connectivity index (χ4n) is 4.74. The van der Waals surface area contributed by atoms with Gasteiger partial charge in [0.25, 0.3) is 0 Å². The van der Waals surface area contributed by atoms with Crippen LogP contribution < -0.4 is 19.5 Å². The summed E-state index contributed by atoms with van der Waals surface area (Å²) >= 11 is 0. The minimum absolute atomic E-state index is 0.0407. The number of para-hydroxylation sites is 2. The summed E-state index contributed by atoms with van der Waals surface area (Å²) in [6, 6.07) is 21.8. The standard InChI is InChI=1S/C33H39N3O4/c1-4-10-25-16-19-30(31(23-25)39-3)40-22-21-36-29-12-8-7-11-28(29)35-32(36)13-6-5-9-20-34-33(37)24-26-14-17-27(38-2)18-15-26/h4,7-8,11-12,14-19,23H,1,5-6,9-10,13,20-22,24H2,2-3H3,(H,34,37). The van der Waals surface area contributed by atoms with Crippen molar-refractivity contribution < 1.29 is 19.0 Å². The maximum atomic E-state index is 12.3. The number of carbonyl (C=O) groups is 1. The molecule has 1 amide bonds. The Morgan fingerprint density at radius 2 is 1.75 bits per heavy atom. The molecule has 0 atom stereocenters. The minimum Gasteiger partial charge on any atom is -0.497 e. The molecule has 0 unspecified atom stereocenters. The predicted molar refractivity (Wildman–Crippen MR) is 159 cm³/mol. The Hall–Kier alpha value is -4.26. The number of aryl methyl sites for hydroxylation is 1. The van der Waals surface area contributed by atoms with Gasteiger partial charge in [-0.15, -0.1) is 6.58 Å². The average Bonchev–Trinajstić information content (AvgIpc) is 3.33. The summed E-state index contributed by atoms with van der Waals surface area (Å²) in [7, 11) is 3.29. The zero-order chi connectivity index (χ0) is 28.2. The fourth-order valence-corrected chi connectivity index (χ4v) is 4.74. The van der Waals surface area contributed by atoms with Crippen LogP contribution in [0.3, 0.4) is 0 Å². The molecule has 40 heavy (non-hydrogen) atoms. The molecule has 4 aromatic rings. The van der Waals surface area contributed by atoms with Gasteiger partial charge in [0.2, 0.25) is 5.91 Å². The van der Waals surface area contributed by atoms with E-state index >= 15 is 0 Å². The Kier molecular flexibility index (Phi) is 10.6. The van der Waals surface area contributed by atoms with E-state index < -0.39 is 0 Å². The van der Waals surface area contributed by atoms with Gasteiger partial charge in [-0.2, -0.15) is 0 Å². The second-order valence-electron chi connectivity index (χ2n) is 9.68. The lowest BCUT2D eigenvalue weighted by molar-refractivity contribution is -0.120. The topological polar surface area (TPSA) is 74.6 Å². The van der Waals surface area contributed by atoms with Crippen LogP contribution in [0, 0.1) is 0 Å². The number of imidazole rings is 1. The summed E-state index contributed by atoms with van der Waals surface area (Å²) in [4.78, 5) is 17.2. The Bertz CT molecular complexity index is 1390. The summed E-state index contributed by atoms with van der Waals surface area (Å²) in [6.07, 6.45) is 6.85. The number of nitrogens with one attached hydrogen (secondary N) is 1. The van der Waals surface area contributed by atoms with Crippen molar-refractivity contribution in [2.75, 3.05) is 27.4 Å². The highest BCUT2D eigenvalue weighted by atomic mass is 16.5. The number of methoxy groups -OCH3 is 2. The molecule has 0 aliphatic heterocycles. The molecule has 3 aromatic carbocycles. The first kappa shape index (κ1) is 28.7. The third-order valence-electron chi connectivity index (χ3n) is 6.84. The molecule has 1 N–H and O–H groups in total. The van der Waals surface area contributed by atoms with Crippen molar-refractivity contribution >= 4 is 16.9 Å². The minimum atomic E-state index is 0.0407. The Morgan fingerprint density at radius 1 is 0.950 bits per heavy atom. The Labute approximate surface area is 236 Å². The first-order valence-electron chi connectivity index (χ1n) is 13.9. The Morgan fingerprint density at radius 3 is 2.52 bits per heavy atom. The number of carbonyl (C=O) groups excluding carboxylic acids is 1. The predicted octanol–water partition coefficient (Wildman–Crippen LogP) is 5.93. The molecule has 1 aromatic heterocycles. The quantitative estimate of drug-likeness (QED) is 0.141. The van der Waals surface area contributed by atoms with Gasteiger partial charge in [0.05, 0.1) is 38.2 Å². The van der Waals surface area contributed by atoms with Crippen LogP contribution >= 0.6 is 0 Å². The molecular formula is C33H39N3O4. The largest absolute Gasteiger partial charge is 0.497 e. The van der Waals surface area contributed by atoms with Gasteiger partial charge in [0, 0.05) is 13.0 Å². The molecule has 1 heterocycles. The van der Waals surface area contributed by atoms with Crippen LogP contribution in [0.2, 0.25) is 0 Å². The number of hydrogen-bond donors (Lipinski definition) is 1. The number of fused-ring (bicyclic) bond motifs is 1. The van der Waals surface area contributed by atoms with E-state index in [1.807, 2.05) is 60.7 Å². The number of benzene rings is 3. The summed E-state index contributed by atoms with van der Waals surface area (Å²) < 4.78 is 19.1. The summed E-state index contributed by atoms with van der Waals surface area (Å²) in [5.41, 5.74) is 4.22. The van der Waals surface area contributed by atoms with Crippen LogP contribution in [0.4, 0.5) is 0 Å². The van der Waals surface area contributed by atoms with E-state index in [0.29, 0.717) is 26.1 Å². The van der Waals surface area contributed by atoms with E-state index in [1.165, 1.54) is 0 Å². The highest BCUT2D eigenvalue weighted by molar-refractivity contribution is 5.78. The molecule has 0 aliphatic carbocycles. The van der Waals surface area contributed by atoms with E-state index in [0.717, 1.165) is 77.3 Å². The van der Waals surface area contributed by atoms with Gasteiger partial charge in [-0.1, -0.05) is 42.8 Å². The van der Waals surface area contributed by atoms with Crippen molar-refractivity contribution in [3.05, 3.63) is 96.3 Å². The van der Waals surface area contributed by atoms with E-state index in [-0.39, 0.29) is 5.91 Å². The Balaban J connectivity index is 1.25. The van der Waals surface area contributed by atoms with Gasteiger partial charge in [0.15, 0.2) is 11.5 Å². The summed E-state index contributed by atoms with van der Waals surface area (Å²) in [5, 5.41) is 3.03. The number of ether oxygens (including phenoxy) is 3. The summed E-state index contributed by atoms with van der Waals surface area (Å²) in [6.45, 7) is 5.67. The van der Waals surface area contributed by atoms with Gasteiger partial charge < -0.3 is 24.1 Å². The molecule has 0 fully saturated rings. The zero-order valence-corrected chi connectivity index (χ0v) is 23.5. The van der Waals surface area contributed by atoms with E-state index in [1.54, 1.807) is 14.2 Å². The number of unbranched alkanes of at least 4 members (excludes halogenated alkanes) is 2. The highest BCUT2D eigenvalue weighted by Gasteiger charge is 2.12. The number of aromatic nitrogens is 2. The molecule has 7 heteroatoms. The molecule has 0 bridgehead atoms. The van der Waals surface area contributed by atoms with Crippen molar-refractivity contribution in [2.24, 2.45) is 0 Å². The lowest BCUT2D eigenvalue weighted by Gasteiger charge is -2.14. The molecule has 0 saturated carbocycles. The first-order valence-corrected chi connectivity index (χ1v) is 13.9. The number of nitrogens with zero attached hydrogens (tertiary/aromatic N) is 2. The highest BCUT2D eigenvalue weighted by Crippen LogP contribution is 2.28. The van der Waals surface area contributed by atoms with Gasteiger partial charge in [-0.25, -0.2) is 4.98 Å². The number of rotatable bonds is 16. The molecule has 0 radical (unpaired) electrons. The number of hydrogen-bond acceptors (Lipinski definition) is 5. The van der Waals surface area contributed by atoms with Crippen molar-refractivity contribution in [3.63, 3.8) is 0 Å². The van der Waals surface area contributed by atoms with E-state index in [4.69, 9.17) is 19.2 Å². The lowest BCUT2D eigenvalue weighted by Crippen LogP contribution is -2.26. The molecular weight excluding hydrogens is 502 g/mol. The average molecular weight is 542 g/mol. The van der Waals surface area contributed by atoms with Crippen LogP contribution in [0.5, 0.6) is 17.2 Å². The van der Waals surface area contributed by atoms with Gasteiger partial charge in [0.1, 0.15) is 18.2 Å². The second-order valence-corrected chi connectivity index (χ2v) is 9.68. The molecule has 4 rings (SSSR count). The van der Waals surface area contributed by atoms with Gasteiger partial charge in [-0.05, 0) is 66.8 Å². The van der Waals surface area contributed by atoms with Gasteiger partial charge in [-0.3, -0.25) is 4.79 Å². The van der Waals surface area contributed by atoms with E-state index in [2.05, 4.69) is 28.6 Å². The first-order chi connectivity index (χ1) is 19.6. The lowest BCUT2D eigenvalue weighted by atomic mass is 10.1. The van der Waals surface area contributed by atoms with Crippen molar-refractivity contribution in [1.29, 1.82) is 0 Å². The van der Waals surface area contributed by atoms with Crippen molar-refractivity contribution in [3.8, 4) is 17.2 Å². The van der Waals surface area contributed by atoms with Crippen LogP contribution in [0.1, 0.15) is 36.2 Å². The number of amides is 1. The fraction of sp³-hybridized carbons (Fsp3) is 0.333. The SMILES string of the molecule is C=CCc1ccc(OCCn2c(CCCCCNC(=O)Cc3ccc(OC)cc3)nc3ccccc32)c(OC)c1. The van der Waals surface area contributed by atoms with Crippen molar-refractivity contribution in [2.45, 2.75) is 45.1 Å². The maximum Gasteiger partial charge on any atom is 0.224 e. The van der Waals surface area contributed by atoms with Crippen molar-refractivity contribution in [1.82, 2.24) is 14.9 Å². The van der Waals surface area contributed by atoms with Gasteiger partial charge >= 0.3 is 0 Å². The molecule has 0 spiro atoms. The molecule has 210 valence electrons. The molecule has 0 aliphatic rings. The van der Waals surface area contributed by atoms with Crippen LogP contribution in [0.15, 0.2) is 79.4 Å². The van der Waals surface area contributed by atoms with Crippen LogP contribution in [-0.2, 0) is 30.6 Å². The third kappa shape index (κ3) is 7.88. The zero-order valence-electron chi connectivity index (χ0n) is 23.5. The number of allylic oxidation sites excluding steroid dienone is 1. The summed E-state index contributed by atoms with van der Waals surface area (Å²) in [5.74, 6) is 3.35. The monoisotopic (exact) mass is 541 g/mol. The molecule has 7 nitrogen and oxygen atoms in total. The van der Waals surface area contributed by atoms with E-state index in [9.17, 15) is 4.79 Å². The van der Waals surface area contributed by atoms with Crippen LogP contribution in [0.25, 0.3) is 11.0 Å². The third-order valence-corrected chi connectivity index (χ3v) is 6.84. The second kappa shape index (κ2) is 14.8. The molecule has 0 saturated heterocycles.